The quantitative estimate of drug-likeness (QED) is 0.0951. The van der Waals surface area contributed by atoms with Crippen LogP contribution in [-0.4, -0.2) is 9.52 Å². The van der Waals surface area contributed by atoms with Gasteiger partial charge in [0.25, 0.3) is 0 Å². The fourth-order valence-corrected chi connectivity index (χ4v) is 9.74. The first-order chi connectivity index (χ1) is 26.4. The number of fused-ring (bicyclic) bond motifs is 2. The minimum absolute atomic E-state index is 0.575. The molecule has 8 rings (SSSR count). The summed E-state index contributed by atoms with van der Waals surface area (Å²) < 4.78 is 0. The van der Waals surface area contributed by atoms with E-state index in [2.05, 4.69) is 148 Å². The Hall–Kier alpha value is -2.22. The van der Waals surface area contributed by atoms with E-state index < -0.39 is 20.8 Å². The number of halogens is 2. The average molecular weight is 851 g/mol. The molecule has 0 saturated heterocycles. The van der Waals surface area contributed by atoms with Gasteiger partial charge in [-0.05, 0) is 73.3 Å². The fraction of sp³-hybridized carbons (Fsp3) is 0.400. The van der Waals surface area contributed by atoms with E-state index in [4.69, 9.17) is 17.0 Å². The third-order valence-corrected chi connectivity index (χ3v) is 11.8. The van der Waals surface area contributed by atoms with Gasteiger partial charge in [-0.1, -0.05) is 149 Å². The fourth-order valence-electron chi connectivity index (χ4n) is 9.74. The predicted molar refractivity (Wildman–Crippen MR) is 238 cm³/mol. The van der Waals surface area contributed by atoms with Crippen molar-refractivity contribution >= 4 is 48.1 Å². The second-order valence-corrected chi connectivity index (χ2v) is 20.6. The van der Waals surface area contributed by atoms with Crippen molar-refractivity contribution in [1.29, 1.82) is 0 Å². The molecule has 0 unspecified atom stereocenters. The van der Waals surface area contributed by atoms with Crippen molar-refractivity contribution in [2.75, 3.05) is 0 Å². The van der Waals surface area contributed by atoms with E-state index in [1.54, 1.807) is 11.1 Å². The van der Waals surface area contributed by atoms with Gasteiger partial charge in [0.1, 0.15) is 0 Å². The van der Waals surface area contributed by atoms with Crippen LogP contribution in [0.3, 0.4) is 0 Å². The summed E-state index contributed by atoms with van der Waals surface area (Å²) in [5, 5.41) is 5.64. The second kappa shape index (κ2) is 21.9. The maximum atomic E-state index is 4.93. The first kappa shape index (κ1) is 42.9. The first-order valence-corrected chi connectivity index (χ1v) is 28.8. The van der Waals surface area contributed by atoms with Crippen LogP contribution in [0.5, 0.6) is 0 Å². The summed E-state index contributed by atoms with van der Waals surface area (Å²) in [4.78, 5) is 0. The zero-order valence-electron chi connectivity index (χ0n) is 33.2. The Balaban J connectivity index is 0.000000182. The van der Waals surface area contributed by atoms with Gasteiger partial charge in [0, 0.05) is 9.52 Å². The molecule has 0 heterocycles. The molecule has 0 nitrogen and oxygen atoms in total. The van der Waals surface area contributed by atoms with E-state index in [9.17, 15) is 0 Å². The normalized spacial score (nSPS) is 15.4. The van der Waals surface area contributed by atoms with E-state index in [0.29, 0.717) is 10.8 Å². The molecule has 2 radical (unpaired) electrons. The summed E-state index contributed by atoms with van der Waals surface area (Å²) in [6, 6.07) is 44.9. The Morgan fingerprint density at radius 3 is 1.24 bits per heavy atom. The van der Waals surface area contributed by atoms with Crippen LogP contribution in [0, 0.1) is 10.8 Å². The van der Waals surface area contributed by atoms with Crippen LogP contribution >= 0.6 is 17.0 Å². The van der Waals surface area contributed by atoms with Gasteiger partial charge in [-0.2, -0.15) is 12.1 Å². The van der Waals surface area contributed by atoms with Crippen LogP contribution in [0.2, 0.25) is 13.1 Å². The minimum atomic E-state index is -0.826. The van der Waals surface area contributed by atoms with Crippen molar-refractivity contribution < 1.29 is 20.8 Å². The van der Waals surface area contributed by atoms with Crippen LogP contribution < -0.4 is 0 Å². The molecule has 6 aromatic rings. The van der Waals surface area contributed by atoms with E-state index in [0.717, 1.165) is 9.52 Å². The number of hydrogen-bond acceptors (Lipinski definition) is 0. The van der Waals surface area contributed by atoms with Crippen molar-refractivity contribution in [3.63, 3.8) is 0 Å². The summed E-state index contributed by atoms with van der Waals surface area (Å²) in [5.74, 6) is 0. The van der Waals surface area contributed by atoms with Crippen LogP contribution in [0.4, 0.5) is 0 Å². The van der Waals surface area contributed by atoms with Gasteiger partial charge in [-0.3, -0.25) is 0 Å². The molecule has 4 heteroatoms. The zero-order valence-corrected chi connectivity index (χ0v) is 38.2. The van der Waals surface area contributed by atoms with Gasteiger partial charge in [-0.15, -0.1) is 69.1 Å². The molecule has 2 fully saturated rings. The van der Waals surface area contributed by atoms with Gasteiger partial charge in [0.05, 0.1) is 0 Å². The van der Waals surface area contributed by atoms with Crippen LogP contribution in [0.15, 0.2) is 121 Å². The van der Waals surface area contributed by atoms with Crippen molar-refractivity contribution in [3.8, 4) is 22.3 Å². The molecule has 0 atom stereocenters. The summed E-state index contributed by atoms with van der Waals surface area (Å²) in [7, 11) is 11.0. The zero-order chi connectivity index (χ0) is 38.2. The Labute approximate surface area is 348 Å². The third-order valence-electron chi connectivity index (χ3n) is 11.8. The van der Waals surface area contributed by atoms with Crippen molar-refractivity contribution in [2.24, 2.45) is 10.8 Å². The molecule has 0 aliphatic heterocycles. The molecule has 2 aliphatic carbocycles. The predicted octanol–water partition coefficient (Wildman–Crippen LogP) is 16.4. The molecule has 0 aromatic heterocycles. The first-order valence-electron chi connectivity index (χ1n) is 20.4. The molecule has 0 N–H and O–H groups in total. The van der Waals surface area contributed by atoms with Gasteiger partial charge < -0.3 is 0 Å². The topological polar surface area (TPSA) is 0 Å². The summed E-state index contributed by atoms with van der Waals surface area (Å²) in [5.41, 5.74) is 9.63. The third kappa shape index (κ3) is 11.4. The van der Waals surface area contributed by atoms with E-state index in [1.807, 2.05) is 0 Å². The standard InChI is InChI=1S/2C24H27.C2H6Si.2ClH.Zr/c2*1-2-13-24(14-6-7-15-24)18-19-16-21-11-8-12-22(23(21)17-19)20-9-4-3-5-10-20;1-3-2;;;/h2*3-5,8-12,16-17H,2,6-7,13-15,18H2,1H3;1-2H3;2*1H;/q2*-1;;;;+4/p-2. The molecule has 0 spiro atoms. The van der Waals surface area contributed by atoms with Crippen LogP contribution in [0.25, 0.3) is 43.8 Å². The number of hydrogen-bond donors (Lipinski definition) is 0. The Bertz CT molecular complexity index is 1800. The number of benzene rings is 4. The molecule has 2 aliphatic rings. The van der Waals surface area contributed by atoms with Gasteiger partial charge in [0.2, 0.25) is 0 Å². The van der Waals surface area contributed by atoms with E-state index in [1.165, 1.54) is 134 Å². The SMILES string of the molecule is CCCC1(Cc2cc3c(-c4ccccc4)cccc3[cH-]2)CCCC1.CCCC1(Cc2cc3c(-c4ccccc4)cccc3[cH-]2)CCCC1.C[Si]C.[Cl][Zr+2][Cl]. The summed E-state index contributed by atoms with van der Waals surface area (Å²) in [6.07, 6.45) is 19.3. The Kier molecular flexibility index (Phi) is 17.4. The van der Waals surface area contributed by atoms with Crippen LogP contribution in [-0.2, 0) is 33.7 Å². The van der Waals surface area contributed by atoms with Gasteiger partial charge in [-0.25, -0.2) is 0 Å². The van der Waals surface area contributed by atoms with Crippen molar-refractivity contribution in [3.05, 3.63) is 132 Å². The molecule has 54 heavy (non-hydrogen) atoms. The molecular formula is C50H60Cl2SiZr. The summed E-state index contributed by atoms with van der Waals surface area (Å²) in [6.45, 7) is 8.99. The Morgan fingerprint density at radius 1 is 0.556 bits per heavy atom. The van der Waals surface area contributed by atoms with Gasteiger partial charge in [0.15, 0.2) is 0 Å². The summed E-state index contributed by atoms with van der Waals surface area (Å²) >= 11 is -0.826. The van der Waals surface area contributed by atoms with Gasteiger partial charge >= 0.3 is 37.9 Å². The number of rotatable bonds is 10. The Morgan fingerprint density at radius 2 is 0.907 bits per heavy atom. The molecule has 0 amide bonds. The molecule has 2 saturated carbocycles. The molecule has 0 bridgehead atoms. The van der Waals surface area contributed by atoms with Crippen molar-refractivity contribution in [2.45, 2.75) is 117 Å². The monoisotopic (exact) mass is 848 g/mol. The molecular weight excluding hydrogens is 791 g/mol. The van der Waals surface area contributed by atoms with E-state index in [-0.39, 0.29) is 0 Å². The van der Waals surface area contributed by atoms with Crippen molar-refractivity contribution in [1.82, 2.24) is 0 Å². The molecule has 6 aromatic carbocycles. The van der Waals surface area contributed by atoms with Crippen LogP contribution in [0.1, 0.15) is 102 Å². The average Bonchev–Trinajstić information content (AvgIpc) is 4.01. The maximum absolute atomic E-state index is 4.93. The van der Waals surface area contributed by atoms with E-state index >= 15 is 0 Å². The second-order valence-electron chi connectivity index (χ2n) is 15.9. The molecule has 282 valence electrons.